The second-order valence-corrected chi connectivity index (χ2v) is 4.73. The highest BCUT2D eigenvalue weighted by molar-refractivity contribution is 5.93. The maximum Gasteiger partial charge on any atom is 0.338 e. The summed E-state index contributed by atoms with van der Waals surface area (Å²) in [5.74, 6) is -0.459. The Morgan fingerprint density at radius 1 is 1.43 bits per heavy atom. The molecule has 1 fully saturated rings. The van der Waals surface area contributed by atoms with E-state index < -0.39 is 10.9 Å². The Balaban J connectivity index is 2.46. The third-order valence-electron chi connectivity index (χ3n) is 3.37. The molecule has 1 saturated heterocycles. The van der Waals surface area contributed by atoms with E-state index in [1.165, 1.54) is 6.07 Å². The monoisotopic (exact) mass is 294 g/mol. The molecule has 0 saturated carbocycles. The van der Waals surface area contributed by atoms with Gasteiger partial charge in [-0.1, -0.05) is 0 Å². The van der Waals surface area contributed by atoms with Crippen molar-refractivity contribution in [2.45, 2.75) is 13.8 Å². The highest BCUT2D eigenvalue weighted by Crippen LogP contribution is 2.32. The Kier molecular flexibility index (Phi) is 4.74. The molecule has 0 amide bonds. The fourth-order valence-corrected chi connectivity index (χ4v) is 2.31. The number of nitro benzene ring substituents is 1. The molecule has 0 N–H and O–H groups in total. The van der Waals surface area contributed by atoms with Gasteiger partial charge in [-0.3, -0.25) is 10.1 Å². The van der Waals surface area contributed by atoms with E-state index in [2.05, 4.69) is 0 Å². The molecule has 0 unspecified atom stereocenters. The maximum absolute atomic E-state index is 11.9. The van der Waals surface area contributed by atoms with Crippen molar-refractivity contribution >= 4 is 17.3 Å². The van der Waals surface area contributed by atoms with Crippen LogP contribution in [0.1, 0.15) is 22.8 Å². The normalized spacial score (nSPS) is 14.9. The quantitative estimate of drug-likeness (QED) is 0.479. The van der Waals surface area contributed by atoms with Crippen molar-refractivity contribution in [1.82, 2.24) is 0 Å². The van der Waals surface area contributed by atoms with E-state index in [-0.39, 0.29) is 12.3 Å². The molecule has 0 bridgehead atoms. The number of rotatable bonds is 4. The van der Waals surface area contributed by atoms with Gasteiger partial charge < -0.3 is 14.4 Å². The van der Waals surface area contributed by atoms with Crippen LogP contribution in [0.2, 0.25) is 0 Å². The van der Waals surface area contributed by atoms with Gasteiger partial charge in [0, 0.05) is 19.2 Å². The van der Waals surface area contributed by atoms with Crippen molar-refractivity contribution in [1.29, 1.82) is 0 Å². The molecule has 7 nitrogen and oxygen atoms in total. The minimum atomic E-state index is -0.459. The van der Waals surface area contributed by atoms with Gasteiger partial charge in [-0.2, -0.15) is 0 Å². The molecule has 0 aromatic heterocycles. The van der Waals surface area contributed by atoms with Crippen LogP contribution in [-0.4, -0.2) is 43.8 Å². The Morgan fingerprint density at radius 2 is 2.10 bits per heavy atom. The highest BCUT2D eigenvalue weighted by Gasteiger charge is 2.25. The minimum Gasteiger partial charge on any atom is -0.462 e. The number of benzene rings is 1. The molecule has 0 radical (unpaired) electrons. The molecule has 1 aliphatic heterocycles. The fourth-order valence-electron chi connectivity index (χ4n) is 2.31. The fraction of sp³-hybridized carbons (Fsp3) is 0.500. The molecule has 2 rings (SSSR count). The maximum atomic E-state index is 11.9. The van der Waals surface area contributed by atoms with Gasteiger partial charge in [-0.15, -0.1) is 0 Å². The molecule has 1 heterocycles. The number of aryl methyl sites for hydroxylation is 1. The van der Waals surface area contributed by atoms with Crippen LogP contribution in [0.3, 0.4) is 0 Å². The first-order chi connectivity index (χ1) is 10.0. The molecule has 0 atom stereocenters. The van der Waals surface area contributed by atoms with Crippen molar-refractivity contribution in [3.8, 4) is 0 Å². The van der Waals surface area contributed by atoms with E-state index in [9.17, 15) is 14.9 Å². The number of carbonyl (C=O) groups is 1. The molecular weight excluding hydrogens is 276 g/mol. The second kappa shape index (κ2) is 6.53. The van der Waals surface area contributed by atoms with Crippen molar-refractivity contribution in [2.75, 3.05) is 37.8 Å². The summed E-state index contributed by atoms with van der Waals surface area (Å²) in [6, 6.07) is 2.98. The average Bonchev–Trinajstić information content (AvgIpc) is 2.48. The van der Waals surface area contributed by atoms with Gasteiger partial charge >= 0.3 is 5.97 Å². The third-order valence-corrected chi connectivity index (χ3v) is 3.37. The first kappa shape index (κ1) is 15.2. The number of nitro groups is 1. The summed E-state index contributed by atoms with van der Waals surface area (Å²) in [4.78, 5) is 24.6. The molecular formula is C14H18N2O5. The van der Waals surface area contributed by atoms with Crippen LogP contribution in [0.25, 0.3) is 0 Å². The van der Waals surface area contributed by atoms with Crippen molar-refractivity contribution in [3.63, 3.8) is 0 Å². The highest BCUT2D eigenvalue weighted by atomic mass is 16.6. The summed E-state index contributed by atoms with van der Waals surface area (Å²) >= 11 is 0. The topological polar surface area (TPSA) is 81.9 Å². The van der Waals surface area contributed by atoms with Crippen molar-refractivity contribution in [2.24, 2.45) is 0 Å². The molecule has 114 valence electrons. The van der Waals surface area contributed by atoms with Gasteiger partial charge in [0.15, 0.2) is 0 Å². The summed E-state index contributed by atoms with van der Waals surface area (Å²) in [6.45, 7) is 5.81. The number of carbonyl (C=O) groups excluding carboxylic acids is 1. The molecule has 0 aliphatic carbocycles. The first-order valence-electron chi connectivity index (χ1n) is 6.83. The van der Waals surface area contributed by atoms with Gasteiger partial charge in [-0.25, -0.2) is 4.79 Å². The molecule has 21 heavy (non-hydrogen) atoms. The SMILES string of the molecule is CCOC(=O)c1cc(N2CCOCC2)c([N+](=O)[O-])cc1C. The smallest absolute Gasteiger partial charge is 0.338 e. The van der Waals surface area contributed by atoms with Crippen LogP contribution in [-0.2, 0) is 9.47 Å². The average molecular weight is 294 g/mol. The number of nitrogens with zero attached hydrogens (tertiary/aromatic N) is 2. The lowest BCUT2D eigenvalue weighted by Gasteiger charge is -2.28. The van der Waals surface area contributed by atoms with Crippen LogP contribution in [0.15, 0.2) is 12.1 Å². The van der Waals surface area contributed by atoms with Gasteiger partial charge in [0.05, 0.1) is 30.3 Å². The van der Waals surface area contributed by atoms with E-state index in [4.69, 9.17) is 9.47 Å². The standard InChI is InChI=1S/C14H18N2O5/c1-3-21-14(17)11-9-12(15-4-6-20-7-5-15)13(16(18)19)8-10(11)2/h8-9H,3-7H2,1-2H3. The first-order valence-corrected chi connectivity index (χ1v) is 6.83. The van der Waals surface area contributed by atoms with Crippen LogP contribution in [0.4, 0.5) is 11.4 Å². The molecule has 0 spiro atoms. The van der Waals surface area contributed by atoms with Crippen LogP contribution < -0.4 is 4.90 Å². The zero-order chi connectivity index (χ0) is 15.4. The molecule has 1 aliphatic rings. The summed E-state index contributed by atoms with van der Waals surface area (Å²) < 4.78 is 10.3. The van der Waals surface area contributed by atoms with E-state index >= 15 is 0 Å². The largest absolute Gasteiger partial charge is 0.462 e. The van der Waals surface area contributed by atoms with Gasteiger partial charge in [-0.05, 0) is 25.5 Å². The predicted molar refractivity (Wildman–Crippen MR) is 76.8 cm³/mol. The van der Waals surface area contributed by atoms with Gasteiger partial charge in [0.2, 0.25) is 0 Å². The number of esters is 1. The third kappa shape index (κ3) is 3.30. The molecule has 1 aromatic rings. The zero-order valence-electron chi connectivity index (χ0n) is 12.1. The second-order valence-electron chi connectivity index (χ2n) is 4.73. The van der Waals surface area contributed by atoms with Crippen molar-refractivity contribution in [3.05, 3.63) is 33.4 Å². The Hall–Kier alpha value is -2.15. The minimum absolute atomic E-state index is 0.00227. The number of morpholine rings is 1. The summed E-state index contributed by atoms with van der Waals surface area (Å²) in [5.41, 5.74) is 1.35. The molecule has 1 aromatic carbocycles. The Bertz CT molecular complexity index is 553. The number of hydrogen-bond acceptors (Lipinski definition) is 6. The zero-order valence-corrected chi connectivity index (χ0v) is 12.1. The predicted octanol–water partition coefficient (Wildman–Crippen LogP) is 1.92. The van der Waals surface area contributed by atoms with Gasteiger partial charge in [0.1, 0.15) is 5.69 Å². The number of anilines is 1. The summed E-state index contributed by atoms with van der Waals surface area (Å²) in [7, 11) is 0. The Morgan fingerprint density at radius 3 is 2.67 bits per heavy atom. The van der Waals surface area contributed by atoms with Crippen molar-refractivity contribution < 1.29 is 19.2 Å². The number of hydrogen-bond donors (Lipinski definition) is 0. The lowest BCUT2D eigenvalue weighted by atomic mass is 10.1. The van der Waals surface area contributed by atoms with E-state index in [0.29, 0.717) is 43.1 Å². The van der Waals surface area contributed by atoms with E-state index in [1.807, 2.05) is 4.90 Å². The van der Waals surface area contributed by atoms with Crippen LogP contribution in [0.5, 0.6) is 0 Å². The van der Waals surface area contributed by atoms with Crippen LogP contribution in [0, 0.1) is 17.0 Å². The molecule has 7 heteroatoms. The van der Waals surface area contributed by atoms with Crippen LogP contribution >= 0.6 is 0 Å². The lowest BCUT2D eigenvalue weighted by molar-refractivity contribution is -0.384. The summed E-state index contributed by atoms with van der Waals surface area (Å²) in [5, 5.41) is 11.3. The van der Waals surface area contributed by atoms with E-state index in [0.717, 1.165) is 0 Å². The lowest BCUT2D eigenvalue weighted by Crippen LogP contribution is -2.36. The van der Waals surface area contributed by atoms with E-state index in [1.54, 1.807) is 19.9 Å². The Labute approximate surface area is 122 Å². The summed E-state index contributed by atoms with van der Waals surface area (Å²) in [6.07, 6.45) is 0. The number of ether oxygens (including phenoxy) is 2. The van der Waals surface area contributed by atoms with Gasteiger partial charge in [0.25, 0.3) is 5.69 Å².